The number of sulfonamides is 1. The van der Waals surface area contributed by atoms with Gasteiger partial charge in [-0.2, -0.15) is 0 Å². The second kappa shape index (κ2) is 14.5. The van der Waals surface area contributed by atoms with Crippen LogP contribution in [0, 0.1) is 6.92 Å². The summed E-state index contributed by atoms with van der Waals surface area (Å²) < 4.78 is 34.4. The first-order chi connectivity index (χ1) is 19.2. The van der Waals surface area contributed by atoms with Crippen molar-refractivity contribution in [2.24, 2.45) is 0 Å². The lowest BCUT2D eigenvalue weighted by atomic mass is 10.1. The van der Waals surface area contributed by atoms with Crippen LogP contribution in [0.25, 0.3) is 0 Å². The Morgan fingerprint density at radius 1 is 0.900 bits per heavy atom. The van der Waals surface area contributed by atoms with Gasteiger partial charge in [-0.25, -0.2) is 8.42 Å². The number of hydrogen-bond acceptors (Lipinski definition) is 5. The highest BCUT2D eigenvalue weighted by molar-refractivity contribution is 7.92. The van der Waals surface area contributed by atoms with E-state index in [1.165, 1.54) is 17.0 Å². The molecule has 0 saturated heterocycles. The van der Waals surface area contributed by atoms with Gasteiger partial charge in [0.1, 0.15) is 18.3 Å². The van der Waals surface area contributed by atoms with E-state index in [-0.39, 0.29) is 17.3 Å². The molecule has 0 spiro atoms. The molecule has 3 aromatic rings. The van der Waals surface area contributed by atoms with Gasteiger partial charge in [0.2, 0.25) is 11.8 Å². The Morgan fingerprint density at radius 2 is 1.55 bits per heavy atom. The van der Waals surface area contributed by atoms with E-state index in [0.717, 1.165) is 21.9 Å². The van der Waals surface area contributed by atoms with Crippen LogP contribution in [-0.2, 0) is 26.2 Å². The minimum Gasteiger partial charge on any atom is -0.494 e. The summed E-state index contributed by atoms with van der Waals surface area (Å²) in [6, 6.07) is 21.6. The maximum atomic E-state index is 14.1. The summed E-state index contributed by atoms with van der Waals surface area (Å²) in [5.41, 5.74) is 2.22. The van der Waals surface area contributed by atoms with Crippen molar-refractivity contribution >= 4 is 27.5 Å². The standard InChI is InChI=1S/C31H39N3O5S/c1-5-21-32-31(36)29(6-2)33(22-25-14-12-11-13-24(25)4)30(35)23-34(26-15-9-8-10-16-26)40(37,38)28-19-17-27(18-20-28)39-7-3/h8-20,29H,5-7,21-23H2,1-4H3,(H,32,36)/t29-/m0/s1. The third-order valence-electron chi connectivity index (χ3n) is 6.58. The molecule has 0 heterocycles. The van der Waals surface area contributed by atoms with Crippen LogP contribution in [-0.4, -0.2) is 50.9 Å². The molecule has 3 aromatic carbocycles. The largest absolute Gasteiger partial charge is 0.494 e. The Hall–Kier alpha value is -3.85. The van der Waals surface area contributed by atoms with Crippen LogP contribution in [0.5, 0.6) is 5.75 Å². The predicted octanol–water partition coefficient (Wildman–Crippen LogP) is 4.92. The zero-order valence-electron chi connectivity index (χ0n) is 23.7. The van der Waals surface area contributed by atoms with E-state index in [0.29, 0.717) is 31.0 Å². The van der Waals surface area contributed by atoms with Crippen molar-refractivity contribution < 1.29 is 22.7 Å². The fraction of sp³-hybridized carbons (Fsp3) is 0.355. The van der Waals surface area contributed by atoms with E-state index >= 15 is 0 Å². The molecule has 40 heavy (non-hydrogen) atoms. The molecule has 1 N–H and O–H groups in total. The normalized spacial score (nSPS) is 11.9. The zero-order chi connectivity index (χ0) is 29.1. The number of carbonyl (C=O) groups excluding carboxylic acids is 2. The molecular weight excluding hydrogens is 526 g/mol. The van der Waals surface area contributed by atoms with Crippen LogP contribution in [0.1, 0.15) is 44.7 Å². The van der Waals surface area contributed by atoms with Crippen LogP contribution in [0.2, 0.25) is 0 Å². The van der Waals surface area contributed by atoms with Gasteiger partial charge in [0.25, 0.3) is 10.0 Å². The Kier molecular flexibility index (Phi) is 11.1. The van der Waals surface area contributed by atoms with Crippen molar-refractivity contribution in [3.8, 4) is 5.75 Å². The molecule has 0 aliphatic heterocycles. The summed E-state index contributed by atoms with van der Waals surface area (Å²) in [6.45, 7) is 8.26. The van der Waals surface area contributed by atoms with E-state index in [4.69, 9.17) is 4.74 Å². The third kappa shape index (κ3) is 7.63. The van der Waals surface area contributed by atoms with Crippen molar-refractivity contribution in [1.82, 2.24) is 10.2 Å². The molecule has 8 nitrogen and oxygen atoms in total. The van der Waals surface area contributed by atoms with Crippen molar-refractivity contribution in [2.45, 2.75) is 58.0 Å². The fourth-order valence-corrected chi connectivity index (χ4v) is 5.80. The lowest BCUT2D eigenvalue weighted by Crippen LogP contribution is -2.52. The predicted molar refractivity (Wildman–Crippen MR) is 158 cm³/mol. The summed E-state index contributed by atoms with van der Waals surface area (Å²) in [4.78, 5) is 28.8. The second-order valence-corrected chi connectivity index (χ2v) is 11.3. The monoisotopic (exact) mass is 565 g/mol. The molecule has 3 rings (SSSR count). The first kappa shape index (κ1) is 30.7. The molecule has 0 radical (unpaired) electrons. The quantitative estimate of drug-likeness (QED) is 0.299. The van der Waals surface area contributed by atoms with E-state index < -0.39 is 28.5 Å². The van der Waals surface area contributed by atoms with Crippen LogP contribution in [0.3, 0.4) is 0 Å². The van der Waals surface area contributed by atoms with Crippen LogP contribution >= 0.6 is 0 Å². The fourth-order valence-electron chi connectivity index (χ4n) is 4.38. The van der Waals surface area contributed by atoms with Gasteiger partial charge < -0.3 is 15.0 Å². The van der Waals surface area contributed by atoms with Gasteiger partial charge in [0.05, 0.1) is 17.2 Å². The van der Waals surface area contributed by atoms with Crippen LogP contribution in [0.15, 0.2) is 83.8 Å². The average molecular weight is 566 g/mol. The van der Waals surface area contributed by atoms with E-state index in [2.05, 4.69) is 5.32 Å². The number of carbonyl (C=O) groups is 2. The first-order valence-electron chi connectivity index (χ1n) is 13.6. The van der Waals surface area contributed by atoms with Crippen LogP contribution in [0.4, 0.5) is 5.69 Å². The highest BCUT2D eigenvalue weighted by Crippen LogP contribution is 2.26. The molecular formula is C31H39N3O5S. The van der Waals surface area contributed by atoms with Crippen molar-refractivity contribution in [3.63, 3.8) is 0 Å². The molecule has 1 atom stereocenters. The van der Waals surface area contributed by atoms with Crippen molar-refractivity contribution in [2.75, 3.05) is 24.0 Å². The van der Waals surface area contributed by atoms with Gasteiger partial charge in [-0.05, 0) is 74.2 Å². The third-order valence-corrected chi connectivity index (χ3v) is 8.37. The number of rotatable bonds is 14. The van der Waals surface area contributed by atoms with Gasteiger partial charge in [-0.15, -0.1) is 0 Å². The summed E-state index contributed by atoms with van der Waals surface area (Å²) in [6.07, 6.45) is 1.14. The Bertz CT molecular complexity index is 1360. The maximum Gasteiger partial charge on any atom is 0.264 e. The number of aryl methyl sites for hydroxylation is 1. The highest BCUT2D eigenvalue weighted by atomic mass is 32.2. The summed E-state index contributed by atoms with van der Waals surface area (Å²) in [5.74, 6) is -0.177. The topological polar surface area (TPSA) is 96.0 Å². The number of para-hydroxylation sites is 1. The Balaban J connectivity index is 2.02. The van der Waals surface area contributed by atoms with Gasteiger partial charge in [0.15, 0.2) is 0 Å². The summed E-state index contributed by atoms with van der Waals surface area (Å²) in [7, 11) is -4.13. The SMILES string of the molecule is CCCNC(=O)[C@H](CC)N(Cc1ccccc1C)C(=O)CN(c1ccccc1)S(=O)(=O)c1ccc(OCC)cc1. The van der Waals surface area contributed by atoms with Gasteiger partial charge in [-0.3, -0.25) is 13.9 Å². The highest BCUT2D eigenvalue weighted by Gasteiger charge is 2.33. The average Bonchev–Trinajstić information content (AvgIpc) is 2.96. The summed E-state index contributed by atoms with van der Waals surface area (Å²) in [5, 5.41) is 2.90. The number of anilines is 1. The molecule has 0 aromatic heterocycles. The lowest BCUT2D eigenvalue weighted by Gasteiger charge is -2.33. The van der Waals surface area contributed by atoms with Gasteiger partial charge in [0, 0.05) is 13.1 Å². The van der Waals surface area contributed by atoms with Crippen molar-refractivity contribution in [1.29, 1.82) is 0 Å². The lowest BCUT2D eigenvalue weighted by molar-refractivity contribution is -0.140. The van der Waals surface area contributed by atoms with Crippen LogP contribution < -0.4 is 14.4 Å². The number of benzene rings is 3. The number of ether oxygens (including phenoxy) is 1. The molecule has 0 fully saturated rings. The van der Waals surface area contributed by atoms with E-state index in [1.807, 2.05) is 52.0 Å². The number of nitrogens with zero attached hydrogens (tertiary/aromatic N) is 2. The number of amides is 2. The molecule has 0 unspecified atom stereocenters. The Labute approximate surface area is 238 Å². The first-order valence-corrected chi connectivity index (χ1v) is 15.1. The van der Waals surface area contributed by atoms with Crippen molar-refractivity contribution in [3.05, 3.63) is 90.0 Å². The molecule has 0 saturated carbocycles. The van der Waals surface area contributed by atoms with E-state index in [9.17, 15) is 18.0 Å². The molecule has 0 aliphatic carbocycles. The van der Waals surface area contributed by atoms with Gasteiger partial charge >= 0.3 is 0 Å². The zero-order valence-corrected chi connectivity index (χ0v) is 24.5. The molecule has 214 valence electrons. The number of hydrogen-bond donors (Lipinski definition) is 1. The molecule has 0 bridgehead atoms. The molecule has 2 amide bonds. The number of nitrogens with one attached hydrogen (secondary N) is 1. The minimum atomic E-state index is -4.13. The van der Waals surface area contributed by atoms with E-state index in [1.54, 1.807) is 42.5 Å². The van der Waals surface area contributed by atoms with Gasteiger partial charge in [-0.1, -0.05) is 56.3 Å². The molecule has 9 heteroatoms. The summed E-state index contributed by atoms with van der Waals surface area (Å²) >= 11 is 0. The Morgan fingerprint density at radius 3 is 2.15 bits per heavy atom. The maximum absolute atomic E-state index is 14.1. The smallest absolute Gasteiger partial charge is 0.264 e. The minimum absolute atomic E-state index is 0.0331. The second-order valence-electron chi connectivity index (χ2n) is 9.41. The molecule has 0 aliphatic rings.